The number of carbonyl (C=O) groups is 1. The molecule has 0 heterocycles. The summed E-state index contributed by atoms with van der Waals surface area (Å²) in [6.07, 6.45) is -2.37. The third-order valence-corrected chi connectivity index (χ3v) is 1.98. The van der Waals surface area contributed by atoms with Crippen LogP contribution in [0.5, 0.6) is 0 Å². The standard InChI is InChI=1S/C8H6F4O2/c1-2-4(9)3(8(13)14)6(11)7(12)5(2)10/h2,4H,1H3,(H,13,14). The molecule has 14 heavy (non-hydrogen) atoms. The van der Waals surface area contributed by atoms with Gasteiger partial charge in [-0.2, -0.15) is 0 Å². The molecular weight excluding hydrogens is 204 g/mol. The Labute approximate surface area is 76.5 Å². The number of hydrogen-bond donors (Lipinski definition) is 1. The Bertz CT molecular complexity index is 345. The van der Waals surface area contributed by atoms with Gasteiger partial charge in [-0.3, -0.25) is 0 Å². The fraction of sp³-hybridized carbons (Fsp3) is 0.375. The van der Waals surface area contributed by atoms with Crippen LogP contribution in [0.2, 0.25) is 0 Å². The van der Waals surface area contributed by atoms with E-state index in [1.807, 2.05) is 0 Å². The van der Waals surface area contributed by atoms with Crippen molar-refractivity contribution < 1.29 is 27.5 Å². The average Bonchev–Trinajstić information content (AvgIpc) is 2.11. The highest BCUT2D eigenvalue weighted by Crippen LogP contribution is 2.38. The van der Waals surface area contributed by atoms with E-state index in [1.54, 1.807) is 0 Å². The molecule has 0 radical (unpaired) electrons. The number of halogens is 4. The van der Waals surface area contributed by atoms with Gasteiger partial charge in [-0.15, -0.1) is 0 Å². The van der Waals surface area contributed by atoms with Gasteiger partial charge in [0.1, 0.15) is 17.6 Å². The quantitative estimate of drug-likeness (QED) is 0.675. The number of rotatable bonds is 1. The van der Waals surface area contributed by atoms with E-state index < -0.39 is 41.1 Å². The molecule has 0 aromatic rings. The third kappa shape index (κ3) is 1.40. The first kappa shape index (κ1) is 10.7. The zero-order valence-corrected chi connectivity index (χ0v) is 7.02. The first-order chi connectivity index (χ1) is 6.37. The number of carboxylic acid groups (broad SMARTS) is 1. The van der Waals surface area contributed by atoms with Gasteiger partial charge in [-0.05, 0) is 0 Å². The molecule has 1 aliphatic rings. The molecule has 1 aliphatic carbocycles. The van der Waals surface area contributed by atoms with E-state index in [9.17, 15) is 22.4 Å². The van der Waals surface area contributed by atoms with Crippen molar-refractivity contribution >= 4 is 5.97 Å². The van der Waals surface area contributed by atoms with E-state index in [0.717, 1.165) is 6.92 Å². The van der Waals surface area contributed by atoms with Crippen LogP contribution in [0.1, 0.15) is 6.92 Å². The first-order valence-corrected chi connectivity index (χ1v) is 3.70. The second-order valence-corrected chi connectivity index (χ2v) is 2.89. The molecule has 0 saturated carbocycles. The van der Waals surface area contributed by atoms with Crippen LogP contribution in [0.15, 0.2) is 23.1 Å². The number of allylic oxidation sites excluding steroid dienone is 3. The predicted molar refractivity (Wildman–Crippen MR) is 39.1 cm³/mol. The van der Waals surface area contributed by atoms with Crippen LogP contribution in [0.4, 0.5) is 17.6 Å². The molecule has 0 saturated heterocycles. The Balaban J connectivity index is 3.32. The number of aliphatic carboxylic acids is 1. The van der Waals surface area contributed by atoms with Crippen LogP contribution in [-0.2, 0) is 4.79 Å². The fourth-order valence-electron chi connectivity index (χ4n) is 1.13. The molecule has 2 unspecified atom stereocenters. The Morgan fingerprint density at radius 1 is 1.29 bits per heavy atom. The lowest BCUT2D eigenvalue weighted by atomic mass is 9.91. The number of hydrogen-bond acceptors (Lipinski definition) is 1. The largest absolute Gasteiger partial charge is 0.478 e. The van der Waals surface area contributed by atoms with Crippen molar-refractivity contribution in [2.45, 2.75) is 13.1 Å². The molecule has 1 rings (SSSR count). The second kappa shape index (κ2) is 3.43. The van der Waals surface area contributed by atoms with Gasteiger partial charge in [-0.1, -0.05) is 6.92 Å². The molecular formula is C8H6F4O2. The van der Waals surface area contributed by atoms with Gasteiger partial charge in [0.2, 0.25) is 0 Å². The normalized spacial score (nSPS) is 28.4. The summed E-state index contributed by atoms with van der Waals surface area (Å²) in [5, 5.41) is 8.35. The average molecular weight is 210 g/mol. The van der Waals surface area contributed by atoms with E-state index in [-0.39, 0.29) is 0 Å². The Kier molecular flexibility index (Phi) is 2.64. The molecule has 0 amide bonds. The molecule has 0 bridgehead atoms. The highest BCUT2D eigenvalue weighted by atomic mass is 19.2. The van der Waals surface area contributed by atoms with E-state index in [4.69, 9.17) is 5.11 Å². The van der Waals surface area contributed by atoms with Crippen LogP contribution in [-0.4, -0.2) is 17.2 Å². The summed E-state index contributed by atoms with van der Waals surface area (Å²) >= 11 is 0. The molecule has 0 aromatic heterocycles. The Hall–Kier alpha value is -1.33. The predicted octanol–water partition coefficient (Wildman–Crippen LogP) is 2.43. The van der Waals surface area contributed by atoms with Crippen molar-refractivity contribution in [3.8, 4) is 0 Å². The minimum atomic E-state index is -2.37. The molecule has 2 atom stereocenters. The summed E-state index contributed by atoms with van der Waals surface area (Å²) in [4.78, 5) is 10.3. The van der Waals surface area contributed by atoms with Gasteiger partial charge in [-0.25, -0.2) is 22.4 Å². The summed E-state index contributed by atoms with van der Waals surface area (Å²) in [5.74, 6) is -9.03. The van der Waals surface area contributed by atoms with Gasteiger partial charge in [0, 0.05) is 5.92 Å². The monoisotopic (exact) mass is 210 g/mol. The fourth-order valence-corrected chi connectivity index (χ4v) is 1.13. The zero-order chi connectivity index (χ0) is 11.0. The van der Waals surface area contributed by atoms with E-state index in [2.05, 4.69) is 0 Å². The van der Waals surface area contributed by atoms with E-state index in [1.165, 1.54) is 0 Å². The third-order valence-electron chi connectivity index (χ3n) is 1.98. The molecule has 0 spiro atoms. The minimum absolute atomic E-state index is 0.939. The lowest BCUT2D eigenvalue weighted by molar-refractivity contribution is -0.133. The van der Waals surface area contributed by atoms with Crippen LogP contribution in [0.25, 0.3) is 0 Å². The Morgan fingerprint density at radius 2 is 1.79 bits per heavy atom. The molecule has 0 aromatic carbocycles. The molecule has 0 aliphatic heterocycles. The summed E-state index contributed by atoms with van der Waals surface area (Å²) in [7, 11) is 0. The minimum Gasteiger partial charge on any atom is -0.478 e. The lowest BCUT2D eigenvalue weighted by Crippen LogP contribution is -2.26. The zero-order valence-electron chi connectivity index (χ0n) is 7.02. The van der Waals surface area contributed by atoms with Crippen LogP contribution in [0.3, 0.4) is 0 Å². The van der Waals surface area contributed by atoms with Crippen molar-refractivity contribution in [2.24, 2.45) is 5.92 Å². The van der Waals surface area contributed by atoms with Crippen molar-refractivity contribution in [2.75, 3.05) is 0 Å². The first-order valence-electron chi connectivity index (χ1n) is 3.70. The van der Waals surface area contributed by atoms with Crippen molar-refractivity contribution in [1.29, 1.82) is 0 Å². The molecule has 0 fully saturated rings. The molecule has 6 heteroatoms. The van der Waals surface area contributed by atoms with Crippen molar-refractivity contribution in [3.05, 3.63) is 23.1 Å². The topological polar surface area (TPSA) is 37.3 Å². The van der Waals surface area contributed by atoms with Crippen LogP contribution >= 0.6 is 0 Å². The molecule has 78 valence electrons. The maximum absolute atomic E-state index is 13.0. The lowest BCUT2D eigenvalue weighted by Gasteiger charge is -2.20. The molecule has 2 nitrogen and oxygen atoms in total. The highest BCUT2D eigenvalue weighted by Gasteiger charge is 2.40. The smallest absolute Gasteiger partial charge is 0.337 e. The van der Waals surface area contributed by atoms with Gasteiger partial charge in [0.15, 0.2) is 11.7 Å². The maximum atomic E-state index is 13.0. The SMILES string of the molecule is CC1C(F)=C(F)C(F)=C(C(=O)O)C1F. The summed E-state index contributed by atoms with van der Waals surface area (Å²) < 4.78 is 51.2. The highest BCUT2D eigenvalue weighted by molar-refractivity contribution is 5.89. The summed E-state index contributed by atoms with van der Waals surface area (Å²) in [5.41, 5.74) is -1.36. The maximum Gasteiger partial charge on any atom is 0.337 e. The van der Waals surface area contributed by atoms with Gasteiger partial charge in [0.25, 0.3) is 0 Å². The summed E-state index contributed by atoms with van der Waals surface area (Å²) in [6, 6.07) is 0. The van der Waals surface area contributed by atoms with Gasteiger partial charge >= 0.3 is 5.97 Å². The van der Waals surface area contributed by atoms with Crippen LogP contribution in [0, 0.1) is 5.92 Å². The number of carboxylic acids is 1. The van der Waals surface area contributed by atoms with Gasteiger partial charge < -0.3 is 5.11 Å². The van der Waals surface area contributed by atoms with Crippen molar-refractivity contribution in [1.82, 2.24) is 0 Å². The van der Waals surface area contributed by atoms with E-state index >= 15 is 0 Å². The summed E-state index contributed by atoms with van der Waals surface area (Å²) in [6.45, 7) is 0.939. The van der Waals surface area contributed by atoms with Crippen LogP contribution < -0.4 is 0 Å². The van der Waals surface area contributed by atoms with Crippen molar-refractivity contribution in [3.63, 3.8) is 0 Å². The second-order valence-electron chi connectivity index (χ2n) is 2.89. The Morgan fingerprint density at radius 3 is 2.21 bits per heavy atom. The van der Waals surface area contributed by atoms with Gasteiger partial charge in [0.05, 0.1) is 0 Å². The van der Waals surface area contributed by atoms with E-state index in [0.29, 0.717) is 0 Å². The number of alkyl halides is 1. The molecule has 1 N–H and O–H groups in total.